The van der Waals surface area contributed by atoms with Crippen LogP contribution in [0.5, 0.6) is 0 Å². The van der Waals surface area contributed by atoms with E-state index in [9.17, 15) is 8.42 Å². The van der Waals surface area contributed by atoms with Crippen molar-refractivity contribution in [3.63, 3.8) is 0 Å². The van der Waals surface area contributed by atoms with Crippen LogP contribution in [0.1, 0.15) is 0 Å². The Balaban J connectivity index is 2.29. The van der Waals surface area contributed by atoms with Gasteiger partial charge in [-0.05, 0) is 24.3 Å². The minimum absolute atomic E-state index is 0.0348. The van der Waals surface area contributed by atoms with E-state index in [1.165, 1.54) is 24.5 Å². The number of nitrogens with zero attached hydrogens (tertiary/aromatic N) is 2. The number of hydrogen-bond donors (Lipinski definition) is 1. The van der Waals surface area contributed by atoms with E-state index in [2.05, 4.69) is 14.7 Å². The summed E-state index contributed by atoms with van der Waals surface area (Å²) in [5.41, 5.74) is 0. The fraction of sp³-hybridized carbons (Fsp3) is 0. The van der Waals surface area contributed by atoms with Crippen LogP contribution in [0.2, 0.25) is 5.15 Å². The van der Waals surface area contributed by atoms with Crippen LogP contribution in [0, 0.1) is 0 Å². The van der Waals surface area contributed by atoms with E-state index in [1.807, 2.05) is 0 Å². The SMILES string of the molecule is O=S(=O)(Nc1ccccn1)c1ccc(Cl)nc1. The van der Waals surface area contributed by atoms with Crippen molar-refractivity contribution in [3.05, 3.63) is 47.9 Å². The van der Waals surface area contributed by atoms with Crippen molar-refractivity contribution in [2.45, 2.75) is 4.90 Å². The molecule has 2 aromatic rings. The van der Waals surface area contributed by atoms with Crippen LogP contribution in [0.15, 0.2) is 47.6 Å². The molecule has 7 heteroatoms. The Hall–Kier alpha value is -1.66. The second kappa shape index (κ2) is 4.68. The molecule has 88 valence electrons. The summed E-state index contributed by atoms with van der Waals surface area (Å²) in [4.78, 5) is 7.62. The number of sulfonamides is 1. The standard InChI is InChI=1S/C10H8ClN3O2S/c11-9-5-4-8(7-13-9)17(15,16)14-10-3-1-2-6-12-10/h1-7H,(H,12,14). The lowest BCUT2D eigenvalue weighted by molar-refractivity contribution is 0.600. The van der Waals surface area contributed by atoms with E-state index in [0.29, 0.717) is 0 Å². The molecule has 1 N–H and O–H groups in total. The lowest BCUT2D eigenvalue weighted by Gasteiger charge is -2.06. The van der Waals surface area contributed by atoms with Gasteiger partial charge in [-0.2, -0.15) is 0 Å². The molecule has 0 atom stereocenters. The average molecular weight is 270 g/mol. The zero-order chi connectivity index (χ0) is 12.3. The number of nitrogens with one attached hydrogen (secondary N) is 1. The largest absolute Gasteiger partial charge is 0.264 e. The van der Waals surface area contributed by atoms with Crippen LogP contribution < -0.4 is 4.72 Å². The fourth-order valence-electron chi connectivity index (χ4n) is 1.14. The lowest BCUT2D eigenvalue weighted by Crippen LogP contribution is -2.13. The topological polar surface area (TPSA) is 72.0 Å². The van der Waals surface area contributed by atoms with Gasteiger partial charge in [-0.25, -0.2) is 18.4 Å². The van der Waals surface area contributed by atoms with Crippen molar-refractivity contribution >= 4 is 27.4 Å². The quantitative estimate of drug-likeness (QED) is 0.864. The van der Waals surface area contributed by atoms with Crippen LogP contribution in [0.3, 0.4) is 0 Å². The highest BCUT2D eigenvalue weighted by Crippen LogP contribution is 2.14. The van der Waals surface area contributed by atoms with Crippen molar-refractivity contribution in [3.8, 4) is 0 Å². The van der Waals surface area contributed by atoms with Crippen molar-refractivity contribution in [1.82, 2.24) is 9.97 Å². The first-order valence-corrected chi connectivity index (χ1v) is 6.49. The first-order chi connectivity index (χ1) is 8.08. The van der Waals surface area contributed by atoms with E-state index < -0.39 is 10.0 Å². The van der Waals surface area contributed by atoms with E-state index in [1.54, 1.807) is 18.2 Å². The Bertz CT molecular complexity index is 599. The normalized spacial score (nSPS) is 11.1. The third-order valence-electron chi connectivity index (χ3n) is 1.91. The molecule has 0 aliphatic heterocycles. The third-order valence-corrected chi connectivity index (χ3v) is 3.48. The van der Waals surface area contributed by atoms with Gasteiger partial charge < -0.3 is 0 Å². The van der Waals surface area contributed by atoms with Gasteiger partial charge in [0.25, 0.3) is 10.0 Å². The van der Waals surface area contributed by atoms with Gasteiger partial charge in [-0.1, -0.05) is 17.7 Å². The molecule has 0 unspecified atom stereocenters. The summed E-state index contributed by atoms with van der Waals surface area (Å²) in [6.45, 7) is 0. The summed E-state index contributed by atoms with van der Waals surface area (Å²) in [5, 5.41) is 0.238. The smallest absolute Gasteiger partial charge is 0.263 e. The van der Waals surface area contributed by atoms with Crippen molar-refractivity contribution < 1.29 is 8.42 Å². The maximum absolute atomic E-state index is 11.9. The van der Waals surface area contributed by atoms with E-state index >= 15 is 0 Å². The molecule has 0 fully saturated rings. The lowest BCUT2D eigenvalue weighted by atomic mass is 10.5. The van der Waals surface area contributed by atoms with E-state index in [0.717, 1.165) is 0 Å². The molecule has 0 radical (unpaired) electrons. The molecule has 0 spiro atoms. The van der Waals surface area contributed by atoms with E-state index in [4.69, 9.17) is 11.6 Å². The number of pyridine rings is 2. The van der Waals surface area contributed by atoms with Gasteiger partial charge in [0.05, 0.1) is 0 Å². The zero-order valence-electron chi connectivity index (χ0n) is 8.54. The third kappa shape index (κ3) is 2.92. The van der Waals surface area contributed by atoms with Gasteiger partial charge in [0.2, 0.25) is 0 Å². The molecule has 0 amide bonds. The minimum Gasteiger partial charge on any atom is -0.263 e. The van der Waals surface area contributed by atoms with Gasteiger partial charge >= 0.3 is 0 Å². The summed E-state index contributed by atoms with van der Waals surface area (Å²) in [7, 11) is -3.66. The van der Waals surface area contributed by atoms with Crippen molar-refractivity contribution in [2.75, 3.05) is 4.72 Å². The van der Waals surface area contributed by atoms with Crippen LogP contribution in [-0.2, 0) is 10.0 Å². The average Bonchev–Trinajstić information content (AvgIpc) is 2.30. The Morgan fingerprint density at radius 2 is 1.94 bits per heavy atom. The van der Waals surface area contributed by atoms with Crippen molar-refractivity contribution in [1.29, 1.82) is 0 Å². The summed E-state index contributed by atoms with van der Waals surface area (Å²) in [6.07, 6.45) is 2.69. The molecule has 0 bridgehead atoms. The fourth-order valence-corrected chi connectivity index (χ4v) is 2.21. The van der Waals surface area contributed by atoms with Gasteiger partial charge in [-0.3, -0.25) is 4.72 Å². The van der Waals surface area contributed by atoms with Gasteiger partial charge in [-0.15, -0.1) is 0 Å². The molecule has 2 rings (SSSR count). The minimum atomic E-state index is -3.66. The zero-order valence-corrected chi connectivity index (χ0v) is 10.1. The number of halogens is 1. The Kier molecular flexibility index (Phi) is 3.26. The van der Waals surface area contributed by atoms with E-state index in [-0.39, 0.29) is 15.9 Å². The predicted molar refractivity (Wildman–Crippen MR) is 64.3 cm³/mol. The monoisotopic (exact) mass is 269 g/mol. The first kappa shape index (κ1) is 11.8. The molecular weight excluding hydrogens is 262 g/mol. The maximum Gasteiger partial charge on any atom is 0.264 e. The Morgan fingerprint density at radius 1 is 1.12 bits per heavy atom. The molecule has 2 aromatic heterocycles. The number of rotatable bonds is 3. The summed E-state index contributed by atoms with van der Waals surface area (Å²) < 4.78 is 26.1. The first-order valence-electron chi connectivity index (χ1n) is 4.63. The number of anilines is 1. The molecular formula is C10H8ClN3O2S. The molecule has 0 saturated heterocycles. The molecule has 0 aliphatic rings. The molecule has 0 aliphatic carbocycles. The summed E-state index contributed by atoms with van der Waals surface area (Å²) >= 11 is 5.58. The van der Waals surface area contributed by atoms with Gasteiger partial charge in [0.1, 0.15) is 15.9 Å². The summed E-state index contributed by atoms with van der Waals surface area (Å²) in [5.74, 6) is 0.252. The Morgan fingerprint density at radius 3 is 2.53 bits per heavy atom. The predicted octanol–water partition coefficient (Wildman–Crippen LogP) is 1.93. The molecule has 2 heterocycles. The highest BCUT2D eigenvalue weighted by molar-refractivity contribution is 7.92. The molecule has 0 saturated carbocycles. The van der Waals surface area contributed by atoms with Crippen LogP contribution >= 0.6 is 11.6 Å². The second-order valence-corrected chi connectivity index (χ2v) is 5.21. The molecule has 17 heavy (non-hydrogen) atoms. The molecule has 5 nitrogen and oxygen atoms in total. The number of aromatic nitrogens is 2. The maximum atomic E-state index is 11.9. The van der Waals surface area contributed by atoms with Gasteiger partial charge in [0, 0.05) is 12.4 Å². The second-order valence-electron chi connectivity index (χ2n) is 3.14. The van der Waals surface area contributed by atoms with Crippen LogP contribution in [0.4, 0.5) is 5.82 Å². The van der Waals surface area contributed by atoms with Crippen LogP contribution in [-0.4, -0.2) is 18.4 Å². The summed E-state index contributed by atoms with van der Waals surface area (Å²) in [6, 6.07) is 7.72. The van der Waals surface area contributed by atoms with Gasteiger partial charge in [0.15, 0.2) is 0 Å². The highest BCUT2D eigenvalue weighted by atomic mass is 35.5. The van der Waals surface area contributed by atoms with Crippen LogP contribution in [0.25, 0.3) is 0 Å². The highest BCUT2D eigenvalue weighted by Gasteiger charge is 2.14. The Labute approximate surface area is 104 Å². The van der Waals surface area contributed by atoms with Crippen molar-refractivity contribution in [2.24, 2.45) is 0 Å². The number of hydrogen-bond acceptors (Lipinski definition) is 4. The molecule has 0 aromatic carbocycles.